The van der Waals surface area contributed by atoms with Gasteiger partial charge in [0.05, 0.1) is 17.6 Å². The number of rotatable bonds is 4. The van der Waals surface area contributed by atoms with E-state index in [0.29, 0.717) is 39.6 Å². The fraction of sp³-hybridized carbons (Fsp3) is 0.263. The molecule has 2 aromatic carbocycles. The summed E-state index contributed by atoms with van der Waals surface area (Å²) >= 11 is 9.29. The molecule has 0 aromatic heterocycles. The Kier molecular flexibility index (Phi) is 4.74. The van der Waals surface area contributed by atoms with E-state index in [4.69, 9.17) is 21.1 Å². The molecule has 2 aliphatic rings. The molecule has 0 aliphatic carbocycles. The molecule has 3 amide bonds. The zero-order valence-electron chi connectivity index (χ0n) is 14.2. The Morgan fingerprint density at radius 1 is 1.26 bits per heavy atom. The quantitative estimate of drug-likeness (QED) is 0.720. The number of nitrogens with one attached hydrogen (secondary N) is 1. The summed E-state index contributed by atoms with van der Waals surface area (Å²) in [6, 6.07) is 12.0. The van der Waals surface area contributed by atoms with Gasteiger partial charge in [-0.05, 0) is 40.2 Å². The minimum Gasteiger partial charge on any atom is -0.493 e. The molecular weight excluding hydrogens is 436 g/mol. The van der Waals surface area contributed by atoms with Crippen molar-refractivity contribution in [1.29, 1.82) is 0 Å². The Morgan fingerprint density at radius 3 is 2.89 bits per heavy atom. The van der Waals surface area contributed by atoms with Crippen molar-refractivity contribution in [3.8, 4) is 11.5 Å². The van der Waals surface area contributed by atoms with E-state index >= 15 is 0 Å². The van der Waals surface area contributed by atoms with E-state index in [0.717, 1.165) is 0 Å². The number of fused-ring (bicyclic) bond motifs is 2. The number of ether oxygens (including phenoxy) is 2. The van der Waals surface area contributed by atoms with Crippen molar-refractivity contribution in [2.45, 2.75) is 12.0 Å². The number of carbonyl (C=O) groups is 2. The van der Waals surface area contributed by atoms with E-state index < -0.39 is 11.6 Å². The molecule has 2 aromatic rings. The number of imide groups is 1. The fourth-order valence-corrected chi connectivity index (χ4v) is 4.21. The predicted octanol–water partition coefficient (Wildman–Crippen LogP) is 3.71. The molecular formula is C19H16BrClN2O4. The van der Waals surface area contributed by atoms with Crippen LogP contribution in [0.4, 0.5) is 4.79 Å². The third-order valence-electron chi connectivity index (χ3n) is 4.72. The Hall–Kier alpha value is -2.25. The van der Waals surface area contributed by atoms with Gasteiger partial charge in [-0.1, -0.05) is 29.8 Å². The molecule has 1 saturated heterocycles. The number of nitrogens with zero attached hydrogens (tertiary/aromatic N) is 1. The average molecular weight is 452 g/mol. The summed E-state index contributed by atoms with van der Waals surface area (Å²) in [4.78, 5) is 26.8. The molecule has 1 fully saturated rings. The summed E-state index contributed by atoms with van der Waals surface area (Å²) in [5.74, 6) is 0.945. The van der Waals surface area contributed by atoms with Crippen LogP contribution < -0.4 is 14.8 Å². The van der Waals surface area contributed by atoms with Gasteiger partial charge in [0.1, 0.15) is 18.1 Å². The molecule has 1 spiro atoms. The van der Waals surface area contributed by atoms with Crippen molar-refractivity contribution >= 4 is 39.5 Å². The zero-order chi connectivity index (χ0) is 19.0. The Labute approximate surface area is 169 Å². The van der Waals surface area contributed by atoms with E-state index in [1.54, 1.807) is 24.3 Å². The first-order valence-electron chi connectivity index (χ1n) is 8.45. The van der Waals surface area contributed by atoms with Gasteiger partial charge in [0, 0.05) is 17.0 Å². The van der Waals surface area contributed by atoms with Crippen LogP contribution in [-0.2, 0) is 10.3 Å². The molecule has 2 aliphatic heterocycles. The first-order chi connectivity index (χ1) is 13.0. The fourth-order valence-electron chi connectivity index (χ4n) is 3.41. The molecule has 1 atom stereocenters. The number of amides is 3. The van der Waals surface area contributed by atoms with Gasteiger partial charge in [0.2, 0.25) is 0 Å². The number of hydrogen-bond donors (Lipinski definition) is 1. The lowest BCUT2D eigenvalue weighted by Gasteiger charge is -2.33. The van der Waals surface area contributed by atoms with Crippen LogP contribution >= 0.6 is 27.5 Å². The van der Waals surface area contributed by atoms with E-state index in [-0.39, 0.29) is 19.1 Å². The molecule has 0 saturated carbocycles. The smallest absolute Gasteiger partial charge is 0.325 e. The topological polar surface area (TPSA) is 67.9 Å². The molecule has 8 heteroatoms. The number of benzene rings is 2. The molecule has 0 radical (unpaired) electrons. The number of halogens is 2. The van der Waals surface area contributed by atoms with Crippen LogP contribution in [0, 0.1) is 0 Å². The third-order valence-corrected chi connectivity index (χ3v) is 5.58. The summed E-state index contributed by atoms with van der Waals surface area (Å²) in [6.07, 6.45) is 0.397. The van der Waals surface area contributed by atoms with Gasteiger partial charge in [0.25, 0.3) is 5.91 Å². The van der Waals surface area contributed by atoms with Crippen LogP contribution in [0.25, 0.3) is 0 Å². The zero-order valence-corrected chi connectivity index (χ0v) is 16.5. The van der Waals surface area contributed by atoms with Gasteiger partial charge in [-0.2, -0.15) is 0 Å². The highest BCUT2D eigenvalue weighted by Crippen LogP contribution is 2.40. The van der Waals surface area contributed by atoms with Gasteiger partial charge in [-0.3, -0.25) is 9.69 Å². The van der Waals surface area contributed by atoms with Gasteiger partial charge < -0.3 is 14.8 Å². The van der Waals surface area contributed by atoms with Crippen LogP contribution in [0.2, 0.25) is 5.02 Å². The third kappa shape index (κ3) is 3.15. The number of carbonyl (C=O) groups excluding carboxylic acids is 2. The Balaban J connectivity index is 1.49. The van der Waals surface area contributed by atoms with Gasteiger partial charge in [-0.15, -0.1) is 0 Å². The monoisotopic (exact) mass is 450 g/mol. The van der Waals surface area contributed by atoms with Crippen LogP contribution in [0.15, 0.2) is 46.9 Å². The second-order valence-electron chi connectivity index (χ2n) is 6.31. The van der Waals surface area contributed by atoms with Crippen molar-refractivity contribution in [2.24, 2.45) is 0 Å². The highest BCUT2D eigenvalue weighted by atomic mass is 79.9. The molecule has 2 heterocycles. The molecule has 6 nitrogen and oxygen atoms in total. The molecule has 27 heavy (non-hydrogen) atoms. The largest absolute Gasteiger partial charge is 0.493 e. The maximum atomic E-state index is 13.1. The van der Waals surface area contributed by atoms with Crippen molar-refractivity contribution in [3.63, 3.8) is 0 Å². The standard InChI is InChI=1S/C19H16BrClN2O4/c20-14-11-12(21)5-6-16(14)27-10-8-23-17(24)19(22-18(23)25)7-9-26-15-4-2-1-3-13(15)19/h1-6,11H,7-10H2,(H,22,25). The predicted molar refractivity (Wildman–Crippen MR) is 103 cm³/mol. The average Bonchev–Trinajstić information content (AvgIpc) is 2.88. The second-order valence-corrected chi connectivity index (χ2v) is 7.60. The lowest BCUT2D eigenvalue weighted by Crippen LogP contribution is -2.47. The maximum absolute atomic E-state index is 13.1. The van der Waals surface area contributed by atoms with Crippen molar-refractivity contribution in [3.05, 3.63) is 57.5 Å². The minimum atomic E-state index is -1.06. The number of para-hydroxylation sites is 1. The highest BCUT2D eigenvalue weighted by Gasteiger charge is 2.54. The molecule has 140 valence electrons. The molecule has 0 bridgehead atoms. The summed E-state index contributed by atoms with van der Waals surface area (Å²) < 4.78 is 12.0. The Morgan fingerprint density at radius 2 is 2.07 bits per heavy atom. The van der Waals surface area contributed by atoms with Crippen LogP contribution in [-0.4, -0.2) is 36.6 Å². The van der Waals surface area contributed by atoms with Crippen LogP contribution in [0.5, 0.6) is 11.5 Å². The van der Waals surface area contributed by atoms with E-state index in [1.807, 2.05) is 18.2 Å². The molecule has 1 unspecified atom stereocenters. The van der Waals surface area contributed by atoms with Crippen molar-refractivity contribution in [2.75, 3.05) is 19.8 Å². The normalized spacial score (nSPS) is 21.0. The van der Waals surface area contributed by atoms with Crippen molar-refractivity contribution < 1.29 is 19.1 Å². The first-order valence-corrected chi connectivity index (χ1v) is 9.63. The molecule has 1 N–H and O–H groups in total. The summed E-state index contributed by atoms with van der Waals surface area (Å²) in [5, 5.41) is 3.45. The number of urea groups is 1. The van der Waals surface area contributed by atoms with Gasteiger partial charge >= 0.3 is 6.03 Å². The van der Waals surface area contributed by atoms with E-state index in [2.05, 4.69) is 21.2 Å². The van der Waals surface area contributed by atoms with Crippen LogP contribution in [0.1, 0.15) is 12.0 Å². The van der Waals surface area contributed by atoms with Gasteiger partial charge in [-0.25, -0.2) is 4.79 Å². The van der Waals surface area contributed by atoms with Crippen LogP contribution in [0.3, 0.4) is 0 Å². The lowest BCUT2D eigenvalue weighted by atomic mass is 9.84. The van der Waals surface area contributed by atoms with E-state index in [9.17, 15) is 9.59 Å². The first kappa shape index (κ1) is 18.1. The summed E-state index contributed by atoms with van der Waals surface area (Å²) in [7, 11) is 0. The van der Waals surface area contributed by atoms with E-state index in [1.165, 1.54) is 4.90 Å². The summed E-state index contributed by atoms with van der Waals surface area (Å²) in [6.45, 7) is 0.684. The second kappa shape index (κ2) is 7.05. The Bertz CT molecular complexity index is 922. The highest BCUT2D eigenvalue weighted by molar-refractivity contribution is 9.10. The SMILES string of the molecule is O=C1NC2(CCOc3ccccc32)C(=O)N1CCOc1ccc(Cl)cc1Br. The lowest BCUT2D eigenvalue weighted by molar-refractivity contribution is -0.132. The maximum Gasteiger partial charge on any atom is 0.325 e. The number of hydrogen-bond acceptors (Lipinski definition) is 4. The molecule has 4 rings (SSSR count). The van der Waals surface area contributed by atoms with Gasteiger partial charge in [0.15, 0.2) is 5.54 Å². The van der Waals surface area contributed by atoms with Crippen molar-refractivity contribution in [1.82, 2.24) is 10.2 Å². The summed E-state index contributed by atoms with van der Waals surface area (Å²) in [5.41, 5.74) is -0.370. The minimum absolute atomic E-state index is 0.143.